The van der Waals surface area contributed by atoms with Crippen LogP contribution in [0.15, 0.2) is 12.1 Å². The van der Waals surface area contributed by atoms with Gasteiger partial charge in [0, 0.05) is 31.9 Å². The average Bonchev–Trinajstić information content (AvgIpc) is 3.22. The third kappa shape index (κ3) is 2.98. The number of amides is 2. The quantitative estimate of drug-likeness (QED) is 0.914. The third-order valence-corrected chi connectivity index (χ3v) is 6.53. The molecular formula is C20H29N3O2. The maximum atomic E-state index is 13.2. The van der Waals surface area contributed by atoms with Crippen LogP contribution >= 0.6 is 0 Å². The molecule has 3 aliphatic rings. The second-order valence-corrected chi connectivity index (χ2v) is 8.16. The molecular weight excluding hydrogens is 314 g/mol. The molecule has 1 atom stereocenters. The Labute approximate surface area is 149 Å². The molecule has 1 spiro atoms. The molecule has 1 aromatic heterocycles. The topological polar surface area (TPSA) is 56.4 Å². The summed E-state index contributed by atoms with van der Waals surface area (Å²) in [6.45, 7) is 5.20. The number of carbonyl (C=O) groups is 2. The summed E-state index contributed by atoms with van der Waals surface area (Å²) in [5.41, 5.74) is 1.42. The maximum absolute atomic E-state index is 13.2. The predicted molar refractivity (Wildman–Crippen MR) is 96.3 cm³/mol. The number of likely N-dealkylation sites (tertiary alicyclic amines) is 2. The van der Waals surface area contributed by atoms with Crippen molar-refractivity contribution >= 4 is 11.8 Å². The van der Waals surface area contributed by atoms with Crippen LogP contribution in [0.5, 0.6) is 0 Å². The first-order valence-corrected chi connectivity index (χ1v) is 9.88. The number of carbonyl (C=O) groups excluding carboxylic acids is 2. The Morgan fingerprint density at radius 2 is 2.08 bits per heavy atom. The van der Waals surface area contributed by atoms with E-state index in [4.69, 9.17) is 0 Å². The predicted octanol–water partition coefficient (Wildman–Crippen LogP) is 2.83. The molecule has 0 unspecified atom stereocenters. The minimum atomic E-state index is -0.322. The lowest BCUT2D eigenvalue weighted by atomic mass is 9.77. The van der Waals surface area contributed by atoms with E-state index in [9.17, 15) is 9.59 Å². The number of aromatic amines is 1. The molecule has 2 saturated heterocycles. The van der Waals surface area contributed by atoms with Gasteiger partial charge in [-0.05, 0) is 56.6 Å². The molecule has 5 nitrogen and oxygen atoms in total. The van der Waals surface area contributed by atoms with E-state index in [1.807, 2.05) is 17.0 Å². The molecule has 0 bridgehead atoms. The molecule has 1 N–H and O–H groups in total. The van der Waals surface area contributed by atoms with Crippen LogP contribution in [0.3, 0.4) is 0 Å². The van der Waals surface area contributed by atoms with Gasteiger partial charge < -0.3 is 14.8 Å². The summed E-state index contributed by atoms with van der Waals surface area (Å²) in [4.78, 5) is 33.1. The molecule has 4 rings (SSSR count). The molecule has 1 aliphatic carbocycles. The fourth-order valence-electron chi connectivity index (χ4n) is 4.68. The number of piperidine rings is 1. The van der Waals surface area contributed by atoms with Gasteiger partial charge in [0.25, 0.3) is 5.91 Å². The minimum absolute atomic E-state index is 0.0421. The van der Waals surface area contributed by atoms with Gasteiger partial charge in [-0.2, -0.15) is 0 Å². The van der Waals surface area contributed by atoms with E-state index < -0.39 is 0 Å². The second kappa shape index (κ2) is 6.50. The van der Waals surface area contributed by atoms with Crippen molar-refractivity contribution in [3.63, 3.8) is 0 Å². The van der Waals surface area contributed by atoms with Crippen LogP contribution in [-0.2, 0) is 11.2 Å². The van der Waals surface area contributed by atoms with E-state index in [1.165, 1.54) is 19.3 Å². The Bertz CT molecular complexity index is 664. The van der Waals surface area contributed by atoms with Crippen molar-refractivity contribution in [1.82, 2.24) is 14.8 Å². The summed E-state index contributed by atoms with van der Waals surface area (Å²) in [6.07, 6.45) is 7.58. The monoisotopic (exact) mass is 343 g/mol. The van der Waals surface area contributed by atoms with Crippen LogP contribution in [0, 0.1) is 11.3 Å². The first kappa shape index (κ1) is 16.7. The zero-order valence-electron chi connectivity index (χ0n) is 15.2. The molecule has 2 amide bonds. The largest absolute Gasteiger partial charge is 0.354 e. The number of H-pyrrole nitrogens is 1. The van der Waals surface area contributed by atoms with Crippen LogP contribution in [0.25, 0.3) is 0 Å². The third-order valence-electron chi connectivity index (χ3n) is 6.53. The highest BCUT2D eigenvalue weighted by atomic mass is 16.2. The van der Waals surface area contributed by atoms with Crippen molar-refractivity contribution in [2.45, 2.75) is 51.9 Å². The average molecular weight is 343 g/mol. The van der Waals surface area contributed by atoms with Gasteiger partial charge in [0.1, 0.15) is 5.69 Å². The molecule has 0 aromatic carbocycles. The van der Waals surface area contributed by atoms with E-state index in [0.717, 1.165) is 44.5 Å². The van der Waals surface area contributed by atoms with Gasteiger partial charge in [0.05, 0.1) is 5.41 Å². The molecule has 1 aromatic rings. The van der Waals surface area contributed by atoms with Crippen molar-refractivity contribution in [3.8, 4) is 0 Å². The summed E-state index contributed by atoms with van der Waals surface area (Å²) in [5, 5.41) is 0. The Balaban J connectivity index is 1.44. The van der Waals surface area contributed by atoms with E-state index >= 15 is 0 Å². The molecule has 3 fully saturated rings. The van der Waals surface area contributed by atoms with Gasteiger partial charge in [-0.25, -0.2) is 0 Å². The highest BCUT2D eigenvalue weighted by Crippen LogP contribution is 2.41. The van der Waals surface area contributed by atoms with Gasteiger partial charge in [-0.3, -0.25) is 9.59 Å². The van der Waals surface area contributed by atoms with Crippen molar-refractivity contribution in [3.05, 3.63) is 23.5 Å². The highest BCUT2D eigenvalue weighted by Gasteiger charge is 2.49. The summed E-state index contributed by atoms with van der Waals surface area (Å²) in [6, 6.07) is 3.85. The Hall–Kier alpha value is -1.78. The molecule has 3 heterocycles. The first-order chi connectivity index (χ1) is 12.1. The zero-order valence-corrected chi connectivity index (χ0v) is 15.2. The smallest absolute Gasteiger partial charge is 0.270 e. The molecule has 5 heteroatoms. The number of aryl methyl sites for hydroxylation is 1. The first-order valence-electron chi connectivity index (χ1n) is 9.88. The van der Waals surface area contributed by atoms with Gasteiger partial charge >= 0.3 is 0 Å². The van der Waals surface area contributed by atoms with Crippen molar-refractivity contribution in [1.29, 1.82) is 0 Å². The van der Waals surface area contributed by atoms with Crippen molar-refractivity contribution in [2.24, 2.45) is 11.3 Å². The summed E-state index contributed by atoms with van der Waals surface area (Å²) in [5.74, 6) is 1.06. The van der Waals surface area contributed by atoms with Crippen LogP contribution in [0.4, 0.5) is 0 Å². The number of nitrogens with one attached hydrogen (secondary N) is 1. The summed E-state index contributed by atoms with van der Waals surface area (Å²) in [7, 11) is 0. The normalized spacial score (nSPS) is 27.2. The SMILES string of the molecule is CCc1ccc(C(=O)N2CC[C@]3(CCCN(CC4CCC4)C3=O)C2)[nH]1. The molecule has 25 heavy (non-hydrogen) atoms. The summed E-state index contributed by atoms with van der Waals surface area (Å²) >= 11 is 0. The standard InChI is InChI=1S/C20H29N3O2/c1-2-16-7-8-17(21-16)18(24)23-12-10-20(14-23)9-4-11-22(19(20)25)13-15-5-3-6-15/h7-8,15,21H,2-6,9-14H2,1H3/t20-/m1/s1. The van der Waals surface area contributed by atoms with Crippen LogP contribution < -0.4 is 0 Å². The number of hydrogen-bond acceptors (Lipinski definition) is 2. The van der Waals surface area contributed by atoms with Crippen molar-refractivity contribution in [2.75, 3.05) is 26.2 Å². The van der Waals surface area contributed by atoms with Gasteiger partial charge in [-0.15, -0.1) is 0 Å². The van der Waals surface area contributed by atoms with E-state index in [2.05, 4.69) is 16.8 Å². The zero-order chi connectivity index (χ0) is 17.4. The van der Waals surface area contributed by atoms with E-state index in [0.29, 0.717) is 30.6 Å². The molecule has 0 radical (unpaired) electrons. The van der Waals surface area contributed by atoms with Crippen LogP contribution in [-0.4, -0.2) is 52.8 Å². The highest BCUT2D eigenvalue weighted by molar-refractivity contribution is 5.94. The number of nitrogens with zero attached hydrogens (tertiary/aromatic N) is 2. The van der Waals surface area contributed by atoms with Crippen LogP contribution in [0.1, 0.15) is 61.6 Å². The second-order valence-electron chi connectivity index (χ2n) is 8.16. The van der Waals surface area contributed by atoms with E-state index in [1.54, 1.807) is 0 Å². The lowest BCUT2D eigenvalue weighted by molar-refractivity contribution is -0.146. The maximum Gasteiger partial charge on any atom is 0.270 e. The van der Waals surface area contributed by atoms with Gasteiger partial charge in [0.2, 0.25) is 5.91 Å². The Morgan fingerprint density at radius 1 is 1.24 bits per heavy atom. The van der Waals surface area contributed by atoms with E-state index in [-0.39, 0.29) is 11.3 Å². The fourth-order valence-corrected chi connectivity index (χ4v) is 4.68. The number of rotatable bonds is 4. The lowest BCUT2D eigenvalue weighted by Gasteiger charge is -2.42. The lowest BCUT2D eigenvalue weighted by Crippen LogP contribution is -2.52. The van der Waals surface area contributed by atoms with Gasteiger partial charge in [-0.1, -0.05) is 13.3 Å². The molecule has 2 aliphatic heterocycles. The Morgan fingerprint density at radius 3 is 2.76 bits per heavy atom. The van der Waals surface area contributed by atoms with Crippen LogP contribution in [0.2, 0.25) is 0 Å². The fraction of sp³-hybridized carbons (Fsp3) is 0.700. The van der Waals surface area contributed by atoms with Gasteiger partial charge in [0.15, 0.2) is 0 Å². The number of aromatic nitrogens is 1. The van der Waals surface area contributed by atoms with Crippen molar-refractivity contribution < 1.29 is 9.59 Å². The molecule has 136 valence electrons. The molecule has 1 saturated carbocycles. The Kier molecular flexibility index (Phi) is 4.34. The number of hydrogen-bond donors (Lipinski definition) is 1. The summed E-state index contributed by atoms with van der Waals surface area (Å²) < 4.78 is 0. The minimum Gasteiger partial charge on any atom is -0.354 e.